The summed E-state index contributed by atoms with van der Waals surface area (Å²) in [5, 5.41) is 13.7. The summed E-state index contributed by atoms with van der Waals surface area (Å²) >= 11 is 0. The smallest absolute Gasteiger partial charge is 0.257 e. The predicted molar refractivity (Wildman–Crippen MR) is 65.9 cm³/mol. The summed E-state index contributed by atoms with van der Waals surface area (Å²) in [7, 11) is 0. The van der Waals surface area contributed by atoms with E-state index in [0.29, 0.717) is 6.42 Å². The number of rotatable bonds is 5. The zero-order chi connectivity index (χ0) is 14.4. The van der Waals surface area contributed by atoms with Gasteiger partial charge in [0.05, 0.1) is 0 Å². The maximum atomic E-state index is 13.4. The van der Waals surface area contributed by atoms with E-state index in [1.165, 1.54) is 6.07 Å². The molecule has 0 aromatic heterocycles. The summed E-state index contributed by atoms with van der Waals surface area (Å²) in [5.74, 6) is -2.80. The average Bonchev–Trinajstić information content (AvgIpc) is 2.37. The number of benzene rings is 1. The van der Waals surface area contributed by atoms with E-state index in [1.54, 1.807) is 6.92 Å². The van der Waals surface area contributed by atoms with Crippen LogP contribution in [0.3, 0.4) is 0 Å². The number of hydrogen-bond acceptors (Lipinski definition) is 3. The lowest BCUT2D eigenvalue weighted by Gasteiger charge is -2.16. The van der Waals surface area contributed by atoms with Gasteiger partial charge in [0, 0.05) is 12.5 Å². The van der Waals surface area contributed by atoms with Crippen molar-refractivity contribution >= 4 is 11.7 Å². The minimum absolute atomic E-state index is 0.0684. The quantitative estimate of drug-likeness (QED) is 0.329. The van der Waals surface area contributed by atoms with Crippen molar-refractivity contribution in [2.45, 2.75) is 25.8 Å². The van der Waals surface area contributed by atoms with Gasteiger partial charge in [-0.25, -0.2) is 8.78 Å². The van der Waals surface area contributed by atoms with Crippen molar-refractivity contribution in [1.29, 1.82) is 0 Å². The average molecular weight is 271 g/mol. The summed E-state index contributed by atoms with van der Waals surface area (Å²) in [6, 6.07) is 2.71. The monoisotopic (exact) mass is 271 g/mol. The second kappa shape index (κ2) is 6.67. The molecule has 1 rings (SSSR count). The Morgan fingerprint density at radius 2 is 2.05 bits per heavy atom. The molecular formula is C12H15F2N3O2. The molecule has 0 heterocycles. The summed E-state index contributed by atoms with van der Waals surface area (Å²) in [6.07, 6.45) is 0.562. The van der Waals surface area contributed by atoms with E-state index >= 15 is 0 Å². The van der Waals surface area contributed by atoms with Crippen molar-refractivity contribution in [1.82, 2.24) is 5.32 Å². The van der Waals surface area contributed by atoms with Gasteiger partial charge in [-0.1, -0.05) is 18.1 Å². The number of halogens is 2. The normalized spacial score (nSPS) is 13.1. The molecule has 0 saturated carbocycles. The first-order chi connectivity index (χ1) is 8.99. The first kappa shape index (κ1) is 14.9. The Kier molecular flexibility index (Phi) is 5.23. The Morgan fingerprint density at radius 1 is 1.47 bits per heavy atom. The van der Waals surface area contributed by atoms with Crippen LogP contribution >= 0.6 is 0 Å². The fraction of sp³-hybridized carbons (Fsp3) is 0.333. The van der Waals surface area contributed by atoms with Gasteiger partial charge in [0.2, 0.25) is 0 Å². The Hall–Kier alpha value is -2.18. The van der Waals surface area contributed by atoms with E-state index in [2.05, 4.69) is 10.5 Å². The van der Waals surface area contributed by atoms with Crippen LogP contribution in [0, 0.1) is 11.6 Å². The maximum absolute atomic E-state index is 13.4. The number of carbonyl (C=O) groups is 1. The fourth-order valence-corrected chi connectivity index (χ4v) is 1.56. The Morgan fingerprint density at radius 3 is 2.53 bits per heavy atom. The number of nitrogens with zero attached hydrogens (tertiary/aromatic N) is 1. The minimum Gasteiger partial charge on any atom is -0.409 e. The lowest BCUT2D eigenvalue weighted by Crippen LogP contribution is -2.38. The number of nitrogens with two attached hydrogens (primary N) is 1. The molecule has 0 fully saturated rings. The van der Waals surface area contributed by atoms with Crippen molar-refractivity contribution in [2.24, 2.45) is 10.9 Å². The number of hydrogen-bond donors (Lipinski definition) is 3. The highest BCUT2D eigenvalue weighted by atomic mass is 19.1. The van der Waals surface area contributed by atoms with Gasteiger partial charge in [0.25, 0.3) is 5.91 Å². The molecule has 4 N–H and O–H groups in total. The van der Waals surface area contributed by atoms with E-state index in [-0.39, 0.29) is 12.3 Å². The molecule has 0 radical (unpaired) electrons. The molecule has 5 nitrogen and oxygen atoms in total. The fourth-order valence-electron chi connectivity index (χ4n) is 1.56. The maximum Gasteiger partial charge on any atom is 0.257 e. The second-order valence-corrected chi connectivity index (χ2v) is 3.97. The van der Waals surface area contributed by atoms with Crippen molar-refractivity contribution in [3.05, 3.63) is 35.4 Å². The number of amides is 1. The van der Waals surface area contributed by atoms with Gasteiger partial charge in [-0.05, 0) is 18.6 Å². The molecule has 0 bridgehead atoms. The molecule has 0 spiro atoms. The Labute approximate surface area is 109 Å². The molecule has 1 unspecified atom stereocenters. The van der Waals surface area contributed by atoms with Crippen molar-refractivity contribution < 1.29 is 18.8 Å². The molecule has 0 aliphatic carbocycles. The van der Waals surface area contributed by atoms with E-state index < -0.39 is 29.1 Å². The van der Waals surface area contributed by atoms with Gasteiger partial charge in [-0.2, -0.15) is 0 Å². The van der Waals surface area contributed by atoms with Gasteiger partial charge in [0.1, 0.15) is 23.0 Å². The van der Waals surface area contributed by atoms with Gasteiger partial charge in [0.15, 0.2) is 0 Å². The molecule has 104 valence electrons. The molecule has 1 aromatic carbocycles. The second-order valence-electron chi connectivity index (χ2n) is 3.97. The number of carbonyl (C=O) groups excluding carboxylic acids is 1. The first-order valence-electron chi connectivity index (χ1n) is 5.70. The largest absolute Gasteiger partial charge is 0.409 e. The third kappa shape index (κ3) is 3.90. The van der Waals surface area contributed by atoms with Crippen molar-refractivity contribution in [3.63, 3.8) is 0 Å². The molecule has 1 amide bonds. The van der Waals surface area contributed by atoms with Gasteiger partial charge in [-0.15, -0.1) is 0 Å². The van der Waals surface area contributed by atoms with Crippen LogP contribution in [-0.2, 0) is 0 Å². The Bertz CT molecular complexity index is 472. The molecule has 1 atom stereocenters. The number of amidine groups is 1. The van der Waals surface area contributed by atoms with Crippen molar-refractivity contribution in [2.75, 3.05) is 0 Å². The van der Waals surface area contributed by atoms with Gasteiger partial charge in [-0.3, -0.25) is 4.79 Å². The molecular weight excluding hydrogens is 256 g/mol. The van der Waals surface area contributed by atoms with Crippen LogP contribution in [-0.4, -0.2) is 23.0 Å². The van der Waals surface area contributed by atoms with Crippen LogP contribution in [0.2, 0.25) is 0 Å². The van der Waals surface area contributed by atoms with Crippen LogP contribution in [0.25, 0.3) is 0 Å². The van der Waals surface area contributed by atoms with Crippen LogP contribution in [0.4, 0.5) is 8.78 Å². The standard InChI is InChI=1S/C12H15F2N3O2/c1-2-7(6-10(15)17-19)16-12(18)11-8(13)4-3-5-9(11)14/h3-5,7,19H,2,6H2,1H3,(H2,15,17)(H,16,18). The zero-order valence-corrected chi connectivity index (χ0v) is 10.4. The minimum atomic E-state index is -0.934. The predicted octanol–water partition coefficient (Wildman–Crippen LogP) is 1.61. The molecule has 19 heavy (non-hydrogen) atoms. The van der Waals surface area contributed by atoms with Crippen LogP contribution in [0.5, 0.6) is 0 Å². The van der Waals surface area contributed by atoms with E-state index in [1.807, 2.05) is 0 Å². The summed E-state index contributed by atoms with van der Waals surface area (Å²) in [4.78, 5) is 11.8. The third-order valence-electron chi connectivity index (χ3n) is 2.60. The lowest BCUT2D eigenvalue weighted by molar-refractivity contribution is 0.0928. The highest BCUT2D eigenvalue weighted by Gasteiger charge is 2.20. The molecule has 0 aliphatic heterocycles. The number of nitrogens with one attached hydrogen (secondary N) is 1. The van der Waals surface area contributed by atoms with Gasteiger partial charge >= 0.3 is 0 Å². The molecule has 0 saturated heterocycles. The summed E-state index contributed by atoms with van der Waals surface area (Å²) < 4.78 is 26.8. The van der Waals surface area contributed by atoms with E-state index in [4.69, 9.17) is 10.9 Å². The highest BCUT2D eigenvalue weighted by molar-refractivity contribution is 5.95. The van der Waals surface area contributed by atoms with Crippen molar-refractivity contribution in [3.8, 4) is 0 Å². The van der Waals surface area contributed by atoms with Crippen LogP contribution in [0.15, 0.2) is 23.4 Å². The molecule has 7 heteroatoms. The zero-order valence-electron chi connectivity index (χ0n) is 10.4. The van der Waals surface area contributed by atoms with E-state index in [0.717, 1.165) is 12.1 Å². The van der Waals surface area contributed by atoms with Crippen LogP contribution in [0.1, 0.15) is 30.1 Å². The molecule has 1 aromatic rings. The summed E-state index contributed by atoms with van der Waals surface area (Å²) in [5.41, 5.74) is 4.69. The van der Waals surface area contributed by atoms with E-state index in [9.17, 15) is 13.6 Å². The van der Waals surface area contributed by atoms with Gasteiger partial charge < -0.3 is 16.3 Å². The first-order valence-corrected chi connectivity index (χ1v) is 5.70. The highest BCUT2D eigenvalue weighted by Crippen LogP contribution is 2.12. The SMILES string of the molecule is CCC(CC(N)=NO)NC(=O)c1c(F)cccc1F. The number of oxime groups is 1. The lowest BCUT2D eigenvalue weighted by atomic mass is 10.1. The third-order valence-corrected chi connectivity index (χ3v) is 2.60. The topological polar surface area (TPSA) is 87.7 Å². The van der Waals surface area contributed by atoms with Crippen LogP contribution < -0.4 is 11.1 Å². The Balaban J connectivity index is 2.83. The molecule has 0 aliphatic rings. The summed E-state index contributed by atoms with van der Waals surface area (Å²) in [6.45, 7) is 1.76.